The molecule has 0 atom stereocenters. The summed E-state index contributed by atoms with van der Waals surface area (Å²) in [5.74, 6) is -0.472. The van der Waals surface area contributed by atoms with Gasteiger partial charge in [-0.2, -0.15) is 4.89 Å². The van der Waals surface area contributed by atoms with Crippen molar-refractivity contribution >= 4 is 5.97 Å². The minimum absolute atomic E-state index is 0.250. The minimum Gasteiger partial charge on any atom is -0.379 e. The van der Waals surface area contributed by atoms with E-state index in [2.05, 4.69) is 6.92 Å². The third-order valence-corrected chi connectivity index (χ3v) is 2.55. The van der Waals surface area contributed by atoms with Gasteiger partial charge in [-0.1, -0.05) is 30.5 Å². The summed E-state index contributed by atoms with van der Waals surface area (Å²) in [5, 5.41) is 0. The van der Waals surface area contributed by atoms with Gasteiger partial charge in [0.25, 0.3) is 0 Å². The van der Waals surface area contributed by atoms with E-state index in [4.69, 9.17) is 14.5 Å². The fraction of sp³-hybridized carbons (Fsp3) is 0.533. The molecule has 0 spiro atoms. The molecule has 0 radical (unpaired) electrons. The first-order valence-corrected chi connectivity index (χ1v) is 6.63. The lowest BCUT2D eigenvalue weighted by atomic mass is 10.1. The number of rotatable bonds is 8. The average Bonchev–Trinajstić information content (AvgIpc) is 2.36. The summed E-state index contributed by atoms with van der Waals surface area (Å²) in [4.78, 5) is 21.3. The molecular weight excluding hydrogens is 244 g/mol. The molecule has 0 fully saturated rings. The molecule has 0 N–H and O–H groups in total. The van der Waals surface area contributed by atoms with Crippen molar-refractivity contribution in [1.82, 2.24) is 0 Å². The van der Waals surface area contributed by atoms with Gasteiger partial charge >= 0.3 is 5.97 Å². The van der Waals surface area contributed by atoms with E-state index in [0.717, 1.165) is 24.0 Å². The van der Waals surface area contributed by atoms with E-state index in [0.29, 0.717) is 18.8 Å². The van der Waals surface area contributed by atoms with E-state index >= 15 is 0 Å². The third kappa shape index (κ3) is 6.36. The fourth-order valence-corrected chi connectivity index (χ4v) is 1.68. The van der Waals surface area contributed by atoms with Crippen LogP contribution in [0.2, 0.25) is 0 Å². The normalized spacial score (nSPS) is 10.5. The smallest absolute Gasteiger partial charge is 0.373 e. The van der Waals surface area contributed by atoms with E-state index in [1.165, 1.54) is 0 Å². The average molecular weight is 266 g/mol. The summed E-state index contributed by atoms with van der Waals surface area (Å²) < 4.78 is 5.28. The molecule has 0 aliphatic carbocycles. The lowest BCUT2D eigenvalue weighted by Gasteiger charge is -2.06. The van der Waals surface area contributed by atoms with Crippen molar-refractivity contribution in [3.63, 3.8) is 0 Å². The van der Waals surface area contributed by atoms with Crippen LogP contribution >= 0.6 is 0 Å². The first-order chi connectivity index (χ1) is 9.13. The molecule has 106 valence electrons. The second kappa shape index (κ2) is 8.67. The molecule has 19 heavy (non-hydrogen) atoms. The standard InChI is InChI=1S/C15H22O4/c1-4-5-6-17-7-8-18-19-15(16)14-10-12(2)9-13(3)11-14/h9-11H,4-8H2,1-3H3. The summed E-state index contributed by atoms with van der Waals surface area (Å²) in [6, 6.07) is 5.55. The van der Waals surface area contributed by atoms with Gasteiger partial charge in [0.2, 0.25) is 0 Å². The molecule has 0 aliphatic rings. The van der Waals surface area contributed by atoms with Crippen molar-refractivity contribution < 1.29 is 19.3 Å². The van der Waals surface area contributed by atoms with Crippen molar-refractivity contribution in [1.29, 1.82) is 0 Å². The lowest BCUT2D eigenvalue weighted by molar-refractivity contribution is -0.247. The van der Waals surface area contributed by atoms with Gasteiger partial charge in [0, 0.05) is 6.61 Å². The van der Waals surface area contributed by atoms with Crippen molar-refractivity contribution in [3.8, 4) is 0 Å². The molecule has 1 rings (SSSR count). The topological polar surface area (TPSA) is 44.8 Å². The van der Waals surface area contributed by atoms with E-state index in [-0.39, 0.29) is 6.61 Å². The van der Waals surface area contributed by atoms with E-state index in [9.17, 15) is 4.79 Å². The second-order valence-electron chi connectivity index (χ2n) is 4.54. The Hall–Kier alpha value is -1.39. The predicted molar refractivity (Wildman–Crippen MR) is 73.0 cm³/mol. The molecular formula is C15H22O4. The van der Waals surface area contributed by atoms with Gasteiger partial charge in [0.05, 0.1) is 12.2 Å². The Morgan fingerprint density at radius 2 is 1.74 bits per heavy atom. The summed E-state index contributed by atoms with van der Waals surface area (Å²) >= 11 is 0. The van der Waals surface area contributed by atoms with Crippen LogP contribution in [-0.2, 0) is 14.5 Å². The monoisotopic (exact) mass is 266 g/mol. The van der Waals surface area contributed by atoms with Crippen LogP contribution in [0, 0.1) is 13.8 Å². The summed E-state index contributed by atoms with van der Waals surface area (Å²) in [7, 11) is 0. The Balaban J connectivity index is 2.24. The van der Waals surface area contributed by atoms with Crippen LogP contribution in [0.5, 0.6) is 0 Å². The van der Waals surface area contributed by atoms with Crippen LogP contribution in [0.3, 0.4) is 0 Å². The molecule has 1 aromatic carbocycles. The van der Waals surface area contributed by atoms with Crippen LogP contribution in [0.25, 0.3) is 0 Å². The number of carbonyl (C=O) groups is 1. The third-order valence-electron chi connectivity index (χ3n) is 2.55. The molecule has 0 aliphatic heterocycles. The maximum atomic E-state index is 11.7. The first kappa shape index (κ1) is 15.7. The maximum Gasteiger partial charge on any atom is 0.373 e. The van der Waals surface area contributed by atoms with Crippen LogP contribution in [0.1, 0.15) is 41.3 Å². The van der Waals surface area contributed by atoms with Crippen LogP contribution in [-0.4, -0.2) is 25.8 Å². The van der Waals surface area contributed by atoms with E-state index in [1.54, 1.807) is 12.1 Å². The molecule has 0 unspecified atom stereocenters. The molecule has 0 bridgehead atoms. The molecule has 0 heterocycles. The number of aryl methyl sites for hydroxylation is 2. The van der Waals surface area contributed by atoms with Crippen molar-refractivity contribution in [2.45, 2.75) is 33.6 Å². The van der Waals surface area contributed by atoms with Crippen LogP contribution in [0.15, 0.2) is 18.2 Å². The zero-order valence-electron chi connectivity index (χ0n) is 11.9. The summed E-state index contributed by atoms with van der Waals surface area (Å²) in [6.45, 7) is 7.37. The Kier molecular flexibility index (Phi) is 7.15. The highest BCUT2D eigenvalue weighted by molar-refractivity contribution is 5.89. The van der Waals surface area contributed by atoms with Crippen LogP contribution < -0.4 is 0 Å². The number of hydrogen-bond acceptors (Lipinski definition) is 4. The van der Waals surface area contributed by atoms with Gasteiger partial charge in [0.1, 0.15) is 6.61 Å². The Bertz CT molecular complexity index is 381. The van der Waals surface area contributed by atoms with E-state index in [1.807, 2.05) is 19.9 Å². The molecule has 0 saturated heterocycles. The molecule has 4 nitrogen and oxygen atoms in total. The van der Waals surface area contributed by atoms with Gasteiger partial charge in [-0.3, -0.25) is 4.89 Å². The Morgan fingerprint density at radius 1 is 1.05 bits per heavy atom. The van der Waals surface area contributed by atoms with E-state index < -0.39 is 5.97 Å². The quantitative estimate of drug-likeness (QED) is 0.412. The van der Waals surface area contributed by atoms with Gasteiger partial charge in [-0.25, -0.2) is 4.79 Å². The zero-order chi connectivity index (χ0) is 14.1. The molecule has 0 saturated carbocycles. The molecule has 0 aromatic heterocycles. The highest BCUT2D eigenvalue weighted by Crippen LogP contribution is 2.10. The molecule has 4 heteroatoms. The number of benzene rings is 1. The fourth-order valence-electron chi connectivity index (χ4n) is 1.68. The Morgan fingerprint density at radius 3 is 2.37 bits per heavy atom. The predicted octanol–water partition coefficient (Wildman–Crippen LogP) is 3.21. The summed E-state index contributed by atoms with van der Waals surface area (Å²) in [6.07, 6.45) is 2.13. The Labute approximate surface area is 114 Å². The molecule has 0 amide bonds. The number of hydrogen-bond donors (Lipinski definition) is 0. The first-order valence-electron chi connectivity index (χ1n) is 6.63. The van der Waals surface area contributed by atoms with Gasteiger partial charge in [0.15, 0.2) is 0 Å². The second-order valence-corrected chi connectivity index (χ2v) is 4.54. The maximum absolute atomic E-state index is 11.7. The zero-order valence-corrected chi connectivity index (χ0v) is 11.9. The van der Waals surface area contributed by atoms with Crippen LogP contribution in [0.4, 0.5) is 0 Å². The van der Waals surface area contributed by atoms with Crippen molar-refractivity contribution in [3.05, 3.63) is 34.9 Å². The lowest BCUT2D eigenvalue weighted by Crippen LogP contribution is -2.11. The highest BCUT2D eigenvalue weighted by Gasteiger charge is 2.09. The van der Waals surface area contributed by atoms with Gasteiger partial charge in [-0.05, 0) is 32.4 Å². The molecule has 1 aromatic rings. The minimum atomic E-state index is -0.472. The number of unbranched alkanes of at least 4 members (excludes halogenated alkanes) is 1. The van der Waals surface area contributed by atoms with Gasteiger partial charge < -0.3 is 4.74 Å². The van der Waals surface area contributed by atoms with Gasteiger partial charge in [-0.15, -0.1) is 0 Å². The number of carbonyl (C=O) groups excluding carboxylic acids is 1. The number of ether oxygens (including phenoxy) is 1. The SMILES string of the molecule is CCCCOCCOOC(=O)c1cc(C)cc(C)c1. The highest BCUT2D eigenvalue weighted by atomic mass is 17.2. The van der Waals surface area contributed by atoms with Crippen molar-refractivity contribution in [2.24, 2.45) is 0 Å². The summed E-state index contributed by atoms with van der Waals surface area (Å²) in [5.41, 5.74) is 2.55. The largest absolute Gasteiger partial charge is 0.379 e. The van der Waals surface area contributed by atoms with Crippen molar-refractivity contribution in [2.75, 3.05) is 19.8 Å².